The topological polar surface area (TPSA) is 110 Å². The molecule has 2 aromatic heterocycles. The fraction of sp³-hybridized carbons (Fsp3) is 0.130. The Labute approximate surface area is 190 Å². The van der Waals surface area contributed by atoms with Gasteiger partial charge >= 0.3 is 0 Å². The number of nitrogens with zero attached hydrogens (tertiary/aromatic N) is 4. The molecule has 2 aromatic carbocycles. The summed E-state index contributed by atoms with van der Waals surface area (Å²) in [7, 11) is -3.38. The van der Waals surface area contributed by atoms with Gasteiger partial charge in [-0.3, -0.25) is 4.98 Å². The minimum absolute atomic E-state index is 0.191. The second kappa shape index (κ2) is 9.29. The first-order valence-corrected chi connectivity index (χ1v) is 11.9. The van der Waals surface area contributed by atoms with E-state index in [1.165, 1.54) is 18.2 Å². The zero-order valence-electron chi connectivity index (χ0n) is 17.9. The van der Waals surface area contributed by atoms with E-state index in [1.54, 1.807) is 55.0 Å². The highest BCUT2D eigenvalue weighted by molar-refractivity contribution is 7.90. The van der Waals surface area contributed by atoms with E-state index in [0.29, 0.717) is 28.8 Å². The SMILES string of the molecule is CC(Nc1nc(Nc2cnccn2)cc(-c2cccc(S(C)(=O)=O)c2)n1)c1ccc(F)cc1. The molecular formula is C23H21FN6O2S. The molecule has 168 valence electrons. The molecule has 8 nitrogen and oxygen atoms in total. The number of hydrogen-bond donors (Lipinski definition) is 2. The van der Waals surface area contributed by atoms with Gasteiger partial charge in [0.1, 0.15) is 17.5 Å². The molecule has 0 bridgehead atoms. The van der Waals surface area contributed by atoms with Crippen molar-refractivity contribution in [3.05, 3.63) is 84.6 Å². The Bertz CT molecular complexity index is 1370. The van der Waals surface area contributed by atoms with E-state index in [1.807, 2.05) is 6.92 Å². The average Bonchev–Trinajstić information content (AvgIpc) is 2.79. The number of hydrogen-bond acceptors (Lipinski definition) is 8. The molecule has 0 spiro atoms. The third kappa shape index (κ3) is 5.66. The van der Waals surface area contributed by atoms with Crippen molar-refractivity contribution in [3.8, 4) is 11.3 Å². The number of anilines is 3. The van der Waals surface area contributed by atoms with Gasteiger partial charge in [-0.1, -0.05) is 24.3 Å². The minimum atomic E-state index is -3.38. The molecule has 0 saturated heterocycles. The smallest absolute Gasteiger partial charge is 0.225 e. The molecule has 33 heavy (non-hydrogen) atoms. The number of rotatable bonds is 7. The van der Waals surface area contributed by atoms with Crippen LogP contribution in [0.5, 0.6) is 0 Å². The van der Waals surface area contributed by atoms with Crippen molar-refractivity contribution in [2.75, 3.05) is 16.9 Å². The van der Waals surface area contributed by atoms with E-state index in [0.717, 1.165) is 11.8 Å². The quantitative estimate of drug-likeness (QED) is 0.414. The van der Waals surface area contributed by atoms with Crippen LogP contribution in [0, 0.1) is 5.82 Å². The second-order valence-electron chi connectivity index (χ2n) is 7.40. The van der Waals surface area contributed by atoms with Crippen molar-refractivity contribution >= 4 is 27.4 Å². The number of aromatic nitrogens is 4. The summed E-state index contributed by atoms with van der Waals surface area (Å²) in [5.41, 5.74) is 1.98. The summed E-state index contributed by atoms with van der Waals surface area (Å²) in [5, 5.41) is 6.31. The van der Waals surface area contributed by atoms with Gasteiger partial charge in [-0.05, 0) is 36.8 Å². The summed E-state index contributed by atoms with van der Waals surface area (Å²) in [6, 6.07) is 14.2. The molecule has 0 aliphatic carbocycles. The fourth-order valence-corrected chi connectivity index (χ4v) is 3.80. The largest absolute Gasteiger partial charge is 0.348 e. The third-order valence-corrected chi connectivity index (χ3v) is 5.93. The summed E-state index contributed by atoms with van der Waals surface area (Å²) in [4.78, 5) is 17.5. The zero-order chi connectivity index (χ0) is 23.4. The van der Waals surface area contributed by atoms with Crippen molar-refractivity contribution in [1.82, 2.24) is 19.9 Å². The van der Waals surface area contributed by atoms with Gasteiger partial charge in [-0.2, -0.15) is 4.98 Å². The summed E-state index contributed by atoms with van der Waals surface area (Å²) in [6.07, 6.45) is 5.82. The number of nitrogens with one attached hydrogen (secondary N) is 2. The minimum Gasteiger partial charge on any atom is -0.348 e. The summed E-state index contributed by atoms with van der Waals surface area (Å²) in [5.74, 6) is 0.925. The van der Waals surface area contributed by atoms with Gasteiger partial charge in [0.15, 0.2) is 9.84 Å². The first kappa shape index (κ1) is 22.3. The molecule has 4 rings (SSSR count). The van der Waals surface area contributed by atoms with E-state index in [4.69, 9.17) is 0 Å². The predicted molar refractivity (Wildman–Crippen MR) is 124 cm³/mol. The normalized spacial score (nSPS) is 12.2. The zero-order valence-corrected chi connectivity index (χ0v) is 18.7. The van der Waals surface area contributed by atoms with Crippen LogP contribution in [0.2, 0.25) is 0 Å². The molecular weight excluding hydrogens is 443 g/mol. The molecule has 2 heterocycles. The van der Waals surface area contributed by atoms with Crippen LogP contribution in [-0.2, 0) is 9.84 Å². The Morgan fingerprint density at radius 3 is 2.45 bits per heavy atom. The molecule has 0 aliphatic rings. The third-order valence-electron chi connectivity index (χ3n) is 4.82. The number of halogens is 1. The molecule has 0 saturated carbocycles. The van der Waals surface area contributed by atoms with Crippen LogP contribution in [0.3, 0.4) is 0 Å². The van der Waals surface area contributed by atoms with E-state index < -0.39 is 9.84 Å². The van der Waals surface area contributed by atoms with E-state index >= 15 is 0 Å². The molecule has 1 unspecified atom stereocenters. The van der Waals surface area contributed by atoms with Crippen LogP contribution < -0.4 is 10.6 Å². The first-order valence-electron chi connectivity index (χ1n) is 10.0. The van der Waals surface area contributed by atoms with Gasteiger partial charge in [-0.15, -0.1) is 0 Å². The highest BCUT2D eigenvalue weighted by Crippen LogP contribution is 2.27. The maximum absolute atomic E-state index is 13.3. The Hall–Kier alpha value is -3.92. The number of benzene rings is 2. The van der Waals surface area contributed by atoms with Crippen molar-refractivity contribution < 1.29 is 12.8 Å². The van der Waals surface area contributed by atoms with Gasteiger partial charge in [0.2, 0.25) is 5.95 Å². The van der Waals surface area contributed by atoms with Gasteiger partial charge in [-0.25, -0.2) is 22.8 Å². The molecule has 0 amide bonds. The van der Waals surface area contributed by atoms with Crippen LogP contribution in [0.15, 0.2) is 78.1 Å². The first-order chi connectivity index (χ1) is 15.8. The lowest BCUT2D eigenvalue weighted by Crippen LogP contribution is -2.11. The van der Waals surface area contributed by atoms with E-state index in [-0.39, 0.29) is 16.8 Å². The molecule has 2 N–H and O–H groups in total. The van der Waals surface area contributed by atoms with Crippen LogP contribution in [-0.4, -0.2) is 34.6 Å². The van der Waals surface area contributed by atoms with Crippen molar-refractivity contribution in [2.45, 2.75) is 17.9 Å². The Balaban J connectivity index is 1.73. The van der Waals surface area contributed by atoms with Crippen molar-refractivity contribution in [2.24, 2.45) is 0 Å². The van der Waals surface area contributed by atoms with Gasteiger partial charge in [0, 0.05) is 30.3 Å². The van der Waals surface area contributed by atoms with Crippen molar-refractivity contribution in [3.63, 3.8) is 0 Å². The molecule has 0 radical (unpaired) electrons. The number of sulfone groups is 1. The summed E-state index contributed by atoms with van der Waals surface area (Å²) >= 11 is 0. The average molecular weight is 465 g/mol. The molecule has 10 heteroatoms. The predicted octanol–water partition coefficient (Wildman–Crippen LogP) is 4.39. The fourth-order valence-electron chi connectivity index (χ4n) is 3.13. The molecule has 4 aromatic rings. The molecule has 0 fully saturated rings. The van der Waals surface area contributed by atoms with Gasteiger partial charge in [0.25, 0.3) is 0 Å². The molecule has 0 aliphatic heterocycles. The summed E-state index contributed by atoms with van der Waals surface area (Å²) in [6.45, 7) is 1.91. The Kier molecular flexibility index (Phi) is 6.27. The monoisotopic (exact) mass is 464 g/mol. The Morgan fingerprint density at radius 1 is 0.970 bits per heavy atom. The van der Waals surface area contributed by atoms with E-state index in [9.17, 15) is 12.8 Å². The highest BCUT2D eigenvalue weighted by atomic mass is 32.2. The molecule has 1 atom stereocenters. The van der Waals surface area contributed by atoms with Crippen LogP contribution in [0.1, 0.15) is 18.5 Å². The maximum atomic E-state index is 13.3. The maximum Gasteiger partial charge on any atom is 0.225 e. The standard InChI is InChI=1S/C23H21FN6O2S/c1-15(16-6-8-18(24)9-7-16)27-23-28-20(17-4-3-5-19(12-17)33(2,31)32)13-21(30-23)29-22-14-25-10-11-26-22/h3-15H,1-2H3,(H2,26,27,28,29,30). The second-order valence-corrected chi connectivity index (χ2v) is 9.41. The lowest BCUT2D eigenvalue weighted by atomic mass is 10.1. The lowest BCUT2D eigenvalue weighted by Gasteiger charge is -2.16. The van der Waals surface area contributed by atoms with Gasteiger partial charge in [0.05, 0.1) is 22.8 Å². The van der Waals surface area contributed by atoms with Crippen molar-refractivity contribution in [1.29, 1.82) is 0 Å². The van der Waals surface area contributed by atoms with Crippen LogP contribution >= 0.6 is 0 Å². The van der Waals surface area contributed by atoms with Crippen LogP contribution in [0.25, 0.3) is 11.3 Å². The van der Waals surface area contributed by atoms with E-state index in [2.05, 4.69) is 30.6 Å². The summed E-state index contributed by atoms with van der Waals surface area (Å²) < 4.78 is 37.3. The Morgan fingerprint density at radius 2 is 1.76 bits per heavy atom. The van der Waals surface area contributed by atoms with Crippen LogP contribution in [0.4, 0.5) is 22.0 Å². The highest BCUT2D eigenvalue weighted by Gasteiger charge is 2.14. The van der Waals surface area contributed by atoms with Gasteiger partial charge < -0.3 is 10.6 Å². The lowest BCUT2D eigenvalue weighted by molar-refractivity contribution is 0.602.